The van der Waals surface area contributed by atoms with E-state index in [0.29, 0.717) is 0 Å². The van der Waals surface area contributed by atoms with Gasteiger partial charge in [-0.3, -0.25) is 0 Å². The molecule has 1 N–H and O–H groups in total. The van der Waals surface area contributed by atoms with Gasteiger partial charge in [-0.25, -0.2) is 0 Å². The van der Waals surface area contributed by atoms with Crippen LogP contribution in [-0.4, -0.2) is 12.7 Å². The summed E-state index contributed by atoms with van der Waals surface area (Å²) in [6.07, 6.45) is -1.57. The Morgan fingerprint density at radius 2 is 1.88 bits per heavy atom. The topological polar surface area (TPSA) is 12.0 Å². The van der Waals surface area contributed by atoms with Crippen molar-refractivity contribution >= 4 is 5.69 Å². The van der Waals surface area contributed by atoms with Gasteiger partial charge in [-0.1, -0.05) is 6.07 Å². The maximum absolute atomic E-state index is 11.9. The molecule has 0 saturated carbocycles. The Kier molecular flexibility index (Phi) is 3.08. The van der Waals surface area contributed by atoms with Crippen LogP contribution in [0.3, 0.4) is 0 Å². The first-order chi connectivity index (χ1) is 7.54. The molecule has 0 saturated heterocycles. The van der Waals surface area contributed by atoms with Gasteiger partial charge in [-0.2, -0.15) is 13.2 Å². The predicted octanol–water partition coefficient (Wildman–Crippen LogP) is 3.54. The maximum Gasteiger partial charge on any atom is 0.390 e. The normalized spacial score (nSPS) is 14.9. The minimum atomic E-state index is -4.08. The summed E-state index contributed by atoms with van der Waals surface area (Å²) in [4.78, 5) is 0. The molecular formula is C12H14F3N. The Labute approximate surface area is 92.7 Å². The van der Waals surface area contributed by atoms with Gasteiger partial charge in [0.25, 0.3) is 0 Å². The van der Waals surface area contributed by atoms with E-state index in [9.17, 15) is 13.2 Å². The number of anilines is 1. The van der Waals surface area contributed by atoms with Gasteiger partial charge in [-0.15, -0.1) is 0 Å². The number of benzene rings is 1. The van der Waals surface area contributed by atoms with Crippen molar-refractivity contribution in [2.75, 3.05) is 11.9 Å². The molecule has 0 radical (unpaired) electrons. The standard InChI is InChI=1S/C12H14F3N/c13-12(14,15)6-7-16-11-5-4-9-2-1-3-10(9)8-11/h4-5,8,16H,1-3,6-7H2. The molecule has 1 aliphatic carbocycles. The summed E-state index contributed by atoms with van der Waals surface area (Å²) in [6.45, 7) is -0.0533. The number of fused-ring (bicyclic) bond motifs is 1. The van der Waals surface area contributed by atoms with Crippen molar-refractivity contribution in [2.24, 2.45) is 0 Å². The van der Waals surface area contributed by atoms with E-state index in [-0.39, 0.29) is 6.54 Å². The molecule has 0 aliphatic heterocycles. The van der Waals surface area contributed by atoms with Crippen molar-refractivity contribution in [3.05, 3.63) is 29.3 Å². The third-order valence-corrected chi connectivity index (χ3v) is 2.84. The smallest absolute Gasteiger partial charge is 0.385 e. The predicted molar refractivity (Wildman–Crippen MR) is 57.6 cm³/mol. The van der Waals surface area contributed by atoms with Crippen LogP contribution in [0.15, 0.2) is 18.2 Å². The Morgan fingerprint density at radius 3 is 2.62 bits per heavy atom. The summed E-state index contributed by atoms with van der Waals surface area (Å²) in [6, 6.07) is 5.84. The van der Waals surface area contributed by atoms with Crippen molar-refractivity contribution < 1.29 is 13.2 Å². The van der Waals surface area contributed by atoms with Gasteiger partial charge >= 0.3 is 6.18 Å². The van der Waals surface area contributed by atoms with Crippen molar-refractivity contribution in [2.45, 2.75) is 31.9 Å². The molecule has 88 valence electrons. The lowest BCUT2D eigenvalue weighted by Crippen LogP contribution is -2.14. The molecule has 0 unspecified atom stereocenters. The molecule has 1 aromatic carbocycles. The minimum absolute atomic E-state index is 0.0533. The molecule has 1 nitrogen and oxygen atoms in total. The van der Waals surface area contributed by atoms with Crippen LogP contribution in [0.4, 0.5) is 18.9 Å². The van der Waals surface area contributed by atoms with Crippen molar-refractivity contribution in [3.8, 4) is 0 Å². The fraction of sp³-hybridized carbons (Fsp3) is 0.500. The second kappa shape index (κ2) is 4.36. The molecule has 0 fully saturated rings. The van der Waals surface area contributed by atoms with Crippen molar-refractivity contribution in [3.63, 3.8) is 0 Å². The van der Waals surface area contributed by atoms with Gasteiger partial charge in [0.15, 0.2) is 0 Å². The largest absolute Gasteiger partial charge is 0.390 e. The van der Waals surface area contributed by atoms with Gasteiger partial charge in [0.2, 0.25) is 0 Å². The molecule has 0 spiro atoms. The molecule has 0 amide bonds. The summed E-state index contributed by atoms with van der Waals surface area (Å²) in [7, 11) is 0. The minimum Gasteiger partial charge on any atom is -0.385 e. The molecule has 4 heteroatoms. The summed E-state index contributed by atoms with van der Waals surface area (Å²) in [5.41, 5.74) is 3.41. The monoisotopic (exact) mass is 229 g/mol. The maximum atomic E-state index is 11.9. The fourth-order valence-corrected chi connectivity index (χ4v) is 2.03. The van der Waals surface area contributed by atoms with E-state index in [4.69, 9.17) is 0 Å². The van der Waals surface area contributed by atoms with Crippen LogP contribution < -0.4 is 5.32 Å². The van der Waals surface area contributed by atoms with Gasteiger partial charge in [0.1, 0.15) is 0 Å². The SMILES string of the molecule is FC(F)(F)CCNc1ccc2c(c1)CCC2. The van der Waals surface area contributed by atoms with Gasteiger partial charge in [0, 0.05) is 12.2 Å². The summed E-state index contributed by atoms with van der Waals surface area (Å²) < 4.78 is 35.8. The van der Waals surface area contributed by atoms with Gasteiger partial charge in [0.05, 0.1) is 6.42 Å². The van der Waals surface area contributed by atoms with E-state index < -0.39 is 12.6 Å². The molecule has 1 aliphatic rings. The quantitative estimate of drug-likeness (QED) is 0.835. The first-order valence-electron chi connectivity index (χ1n) is 5.47. The van der Waals surface area contributed by atoms with Crippen LogP contribution in [0.5, 0.6) is 0 Å². The second-order valence-corrected chi connectivity index (χ2v) is 4.13. The number of nitrogens with one attached hydrogen (secondary N) is 1. The Bertz CT molecular complexity index is 371. The molecule has 0 aromatic heterocycles. The second-order valence-electron chi connectivity index (χ2n) is 4.13. The van der Waals surface area contributed by atoms with E-state index in [1.165, 1.54) is 11.1 Å². The highest BCUT2D eigenvalue weighted by Crippen LogP contribution is 2.25. The summed E-state index contributed by atoms with van der Waals surface area (Å²) in [5.74, 6) is 0. The van der Waals surface area contributed by atoms with Crippen molar-refractivity contribution in [1.29, 1.82) is 0 Å². The van der Waals surface area contributed by atoms with Crippen molar-refractivity contribution in [1.82, 2.24) is 0 Å². The van der Waals surface area contributed by atoms with Crippen LogP contribution in [0.1, 0.15) is 24.0 Å². The molecule has 0 bridgehead atoms. The van der Waals surface area contributed by atoms with E-state index in [2.05, 4.69) is 5.32 Å². The molecule has 16 heavy (non-hydrogen) atoms. The molecule has 2 rings (SSSR count). The van der Waals surface area contributed by atoms with Crippen LogP contribution in [0.2, 0.25) is 0 Å². The van der Waals surface area contributed by atoms with Gasteiger partial charge < -0.3 is 5.32 Å². The highest BCUT2D eigenvalue weighted by Gasteiger charge is 2.26. The van der Waals surface area contributed by atoms with E-state index in [1.54, 1.807) is 0 Å². The molecular weight excluding hydrogens is 215 g/mol. The zero-order valence-electron chi connectivity index (χ0n) is 8.90. The van der Waals surface area contributed by atoms with Crippen LogP contribution >= 0.6 is 0 Å². The highest BCUT2D eigenvalue weighted by molar-refractivity contribution is 5.50. The van der Waals surface area contributed by atoms with Crippen LogP contribution in [0.25, 0.3) is 0 Å². The van der Waals surface area contributed by atoms with E-state index in [0.717, 1.165) is 24.9 Å². The van der Waals surface area contributed by atoms with Crippen LogP contribution in [-0.2, 0) is 12.8 Å². The number of halogens is 3. The zero-order valence-corrected chi connectivity index (χ0v) is 8.90. The average Bonchev–Trinajstić information content (AvgIpc) is 2.62. The highest BCUT2D eigenvalue weighted by atomic mass is 19.4. The number of hydrogen-bond donors (Lipinski definition) is 1. The molecule has 0 atom stereocenters. The lowest BCUT2D eigenvalue weighted by molar-refractivity contribution is -0.131. The first-order valence-corrected chi connectivity index (χ1v) is 5.47. The lowest BCUT2D eigenvalue weighted by atomic mass is 10.1. The molecule has 1 aromatic rings. The Balaban J connectivity index is 1.91. The van der Waals surface area contributed by atoms with E-state index >= 15 is 0 Å². The number of alkyl halides is 3. The van der Waals surface area contributed by atoms with Crippen LogP contribution in [0, 0.1) is 0 Å². The molecule has 0 heterocycles. The fourth-order valence-electron chi connectivity index (χ4n) is 2.03. The summed E-state index contributed by atoms with van der Waals surface area (Å²) in [5, 5.41) is 2.81. The number of aryl methyl sites for hydroxylation is 2. The number of rotatable bonds is 3. The Morgan fingerprint density at radius 1 is 1.12 bits per heavy atom. The first kappa shape index (κ1) is 11.3. The Hall–Kier alpha value is -1.19. The summed E-state index contributed by atoms with van der Waals surface area (Å²) >= 11 is 0. The number of hydrogen-bond acceptors (Lipinski definition) is 1. The van der Waals surface area contributed by atoms with E-state index in [1.807, 2.05) is 18.2 Å². The third kappa shape index (κ3) is 2.90. The zero-order chi connectivity index (χ0) is 11.6. The lowest BCUT2D eigenvalue weighted by Gasteiger charge is -2.10. The van der Waals surface area contributed by atoms with Gasteiger partial charge in [-0.05, 0) is 42.5 Å². The average molecular weight is 229 g/mol. The third-order valence-electron chi connectivity index (χ3n) is 2.84.